The quantitative estimate of drug-likeness (QED) is 0.457. The summed E-state index contributed by atoms with van der Waals surface area (Å²) in [5.74, 6) is 0.693. The Morgan fingerprint density at radius 3 is 2.76 bits per heavy atom. The van der Waals surface area contributed by atoms with Gasteiger partial charge >= 0.3 is 6.09 Å². The van der Waals surface area contributed by atoms with Crippen molar-refractivity contribution in [2.75, 3.05) is 12.3 Å². The Bertz CT molecular complexity index is 1320. The maximum Gasteiger partial charge on any atom is 0.407 e. The highest BCUT2D eigenvalue weighted by molar-refractivity contribution is 6.00. The monoisotopic (exact) mass is 447 g/mol. The molecule has 8 nitrogen and oxygen atoms in total. The lowest BCUT2D eigenvalue weighted by molar-refractivity contribution is 0.135. The van der Waals surface area contributed by atoms with Crippen molar-refractivity contribution in [3.63, 3.8) is 0 Å². The van der Waals surface area contributed by atoms with Crippen molar-refractivity contribution < 1.29 is 19.0 Å². The molecular formula is C24H22FN5O3. The predicted octanol–water partition coefficient (Wildman–Crippen LogP) is 4.75. The van der Waals surface area contributed by atoms with Crippen LogP contribution >= 0.6 is 0 Å². The van der Waals surface area contributed by atoms with Crippen LogP contribution in [0, 0.1) is 5.82 Å². The summed E-state index contributed by atoms with van der Waals surface area (Å²) in [4.78, 5) is 17.1. The number of aromatic nitrogens is 3. The number of nitrogens with two attached hydrogens (primary N) is 1. The summed E-state index contributed by atoms with van der Waals surface area (Å²) in [7, 11) is 0. The molecule has 3 N–H and O–H groups in total. The van der Waals surface area contributed by atoms with Crippen molar-refractivity contribution in [1.82, 2.24) is 19.7 Å². The standard InChI is InChI=1S/C24H22FN5O3/c25-19-13-17(33-16-6-2-1-3-7-16)8-9-18(19)22-21-20(10-11-27-23(21)26)30(28-22)14-15-5-4-12-29(15)24(31)32/h1-3,6-11,13,15H,4-5,12,14H2,(H2,26,27)(H,31,32)/t15-/m0/s1. The van der Waals surface area contributed by atoms with Crippen LogP contribution in [0.15, 0.2) is 60.8 Å². The van der Waals surface area contributed by atoms with Gasteiger partial charge in [-0.15, -0.1) is 0 Å². The fourth-order valence-electron chi connectivity index (χ4n) is 4.33. The van der Waals surface area contributed by atoms with Gasteiger partial charge in [-0.3, -0.25) is 4.68 Å². The number of carbonyl (C=O) groups is 1. The summed E-state index contributed by atoms with van der Waals surface area (Å²) in [5, 5.41) is 14.7. The number of rotatable bonds is 5. The number of anilines is 1. The van der Waals surface area contributed by atoms with Crippen LogP contribution in [0.4, 0.5) is 15.0 Å². The molecule has 5 rings (SSSR count). The van der Waals surface area contributed by atoms with E-state index in [0.29, 0.717) is 41.2 Å². The van der Waals surface area contributed by atoms with Crippen LogP contribution in [0.25, 0.3) is 22.2 Å². The number of pyridine rings is 1. The average molecular weight is 447 g/mol. The van der Waals surface area contributed by atoms with E-state index in [9.17, 15) is 9.90 Å². The highest BCUT2D eigenvalue weighted by Crippen LogP contribution is 2.35. The molecule has 168 valence electrons. The van der Waals surface area contributed by atoms with Gasteiger partial charge in [-0.2, -0.15) is 5.10 Å². The largest absolute Gasteiger partial charge is 0.465 e. The summed E-state index contributed by atoms with van der Waals surface area (Å²) in [5.41, 5.74) is 7.46. The summed E-state index contributed by atoms with van der Waals surface area (Å²) in [6.45, 7) is 0.844. The van der Waals surface area contributed by atoms with E-state index in [1.54, 1.807) is 41.2 Å². The Hall–Kier alpha value is -4.14. The maximum absolute atomic E-state index is 15.2. The van der Waals surface area contributed by atoms with Crippen LogP contribution in [-0.4, -0.2) is 43.5 Å². The second-order valence-corrected chi connectivity index (χ2v) is 7.95. The van der Waals surface area contributed by atoms with Gasteiger partial charge < -0.3 is 20.5 Å². The smallest absolute Gasteiger partial charge is 0.407 e. The number of benzene rings is 2. The molecule has 0 unspecified atom stereocenters. The molecule has 2 aromatic carbocycles. The third-order valence-corrected chi connectivity index (χ3v) is 5.88. The number of hydrogen-bond acceptors (Lipinski definition) is 5. The molecule has 0 aliphatic carbocycles. The molecule has 4 aromatic rings. The van der Waals surface area contributed by atoms with Gasteiger partial charge in [0.1, 0.15) is 28.8 Å². The minimum Gasteiger partial charge on any atom is -0.465 e. The molecule has 2 aromatic heterocycles. The fourth-order valence-corrected chi connectivity index (χ4v) is 4.33. The average Bonchev–Trinajstić information content (AvgIpc) is 3.41. The van der Waals surface area contributed by atoms with Crippen LogP contribution in [0.3, 0.4) is 0 Å². The zero-order valence-electron chi connectivity index (χ0n) is 17.7. The van der Waals surface area contributed by atoms with E-state index in [1.807, 2.05) is 18.2 Å². The van der Waals surface area contributed by atoms with Crippen molar-refractivity contribution in [3.8, 4) is 22.8 Å². The molecule has 0 spiro atoms. The van der Waals surface area contributed by atoms with E-state index in [1.165, 1.54) is 11.0 Å². The third-order valence-electron chi connectivity index (χ3n) is 5.88. The number of likely N-dealkylation sites (tertiary alicyclic amines) is 1. The lowest BCUT2D eigenvalue weighted by atomic mass is 10.1. The predicted molar refractivity (Wildman–Crippen MR) is 122 cm³/mol. The molecule has 9 heteroatoms. The first-order valence-electron chi connectivity index (χ1n) is 10.6. The van der Waals surface area contributed by atoms with Gasteiger partial charge in [0.25, 0.3) is 0 Å². The molecule has 0 radical (unpaired) electrons. The lowest BCUT2D eigenvalue weighted by Gasteiger charge is -2.21. The number of nitrogen functional groups attached to an aromatic ring is 1. The van der Waals surface area contributed by atoms with E-state index >= 15 is 4.39 Å². The van der Waals surface area contributed by atoms with E-state index in [2.05, 4.69) is 10.1 Å². The number of para-hydroxylation sites is 1. The molecule has 1 amide bonds. The second kappa shape index (κ2) is 8.42. The summed E-state index contributed by atoms with van der Waals surface area (Å²) in [6, 6.07) is 15.3. The zero-order chi connectivity index (χ0) is 22.9. The first kappa shape index (κ1) is 20.7. The number of fused-ring (bicyclic) bond motifs is 1. The van der Waals surface area contributed by atoms with Crippen LogP contribution in [0.1, 0.15) is 12.8 Å². The van der Waals surface area contributed by atoms with E-state index in [0.717, 1.165) is 12.8 Å². The van der Waals surface area contributed by atoms with Crippen molar-refractivity contribution in [2.24, 2.45) is 0 Å². The Labute approximate surface area is 189 Å². The minimum absolute atomic E-state index is 0.209. The Morgan fingerprint density at radius 1 is 1.18 bits per heavy atom. The lowest BCUT2D eigenvalue weighted by Crippen LogP contribution is -2.37. The van der Waals surface area contributed by atoms with Gasteiger partial charge in [-0.25, -0.2) is 14.2 Å². The highest BCUT2D eigenvalue weighted by atomic mass is 19.1. The third kappa shape index (κ3) is 3.93. The van der Waals surface area contributed by atoms with Crippen molar-refractivity contribution in [1.29, 1.82) is 0 Å². The van der Waals surface area contributed by atoms with Crippen LogP contribution < -0.4 is 10.5 Å². The SMILES string of the molecule is Nc1nccc2c1c(-c1ccc(Oc3ccccc3)cc1F)nn2C[C@@H]1CCCN1C(=O)O. The zero-order valence-corrected chi connectivity index (χ0v) is 17.7. The first-order chi connectivity index (χ1) is 16.0. The van der Waals surface area contributed by atoms with Gasteiger partial charge in [0.05, 0.1) is 23.5 Å². The molecule has 1 aliphatic heterocycles. The number of nitrogens with zero attached hydrogens (tertiary/aromatic N) is 4. The van der Waals surface area contributed by atoms with Crippen molar-refractivity contribution >= 4 is 22.8 Å². The number of carboxylic acid groups (broad SMARTS) is 1. The highest BCUT2D eigenvalue weighted by Gasteiger charge is 2.30. The van der Waals surface area contributed by atoms with Gasteiger partial charge in [0.2, 0.25) is 0 Å². The van der Waals surface area contributed by atoms with Crippen LogP contribution in [0.2, 0.25) is 0 Å². The van der Waals surface area contributed by atoms with Crippen LogP contribution in [0.5, 0.6) is 11.5 Å². The summed E-state index contributed by atoms with van der Waals surface area (Å²) < 4.78 is 22.6. The molecule has 1 aliphatic rings. The molecule has 3 heterocycles. The van der Waals surface area contributed by atoms with Gasteiger partial charge in [-0.05, 0) is 43.2 Å². The molecule has 0 bridgehead atoms. The maximum atomic E-state index is 15.2. The topological polar surface area (TPSA) is 107 Å². The molecular weight excluding hydrogens is 425 g/mol. The number of hydrogen-bond donors (Lipinski definition) is 2. The molecule has 1 atom stereocenters. The van der Waals surface area contributed by atoms with Crippen LogP contribution in [-0.2, 0) is 6.54 Å². The first-order valence-corrected chi connectivity index (χ1v) is 10.6. The Kier molecular flexibility index (Phi) is 5.29. The molecule has 0 saturated carbocycles. The van der Waals surface area contributed by atoms with E-state index < -0.39 is 11.9 Å². The Balaban J connectivity index is 1.52. The molecule has 33 heavy (non-hydrogen) atoms. The number of ether oxygens (including phenoxy) is 1. The number of amides is 1. The van der Waals surface area contributed by atoms with Gasteiger partial charge in [0.15, 0.2) is 0 Å². The van der Waals surface area contributed by atoms with Crippen molar-refractivity contribution in [2.45, 2.75) is 25.4 Å². The van der Waals surface area contributed by atoms with Gasteiger partial charge in [0, 0.05) is 24.4 Å². The normalized spacial score (nSPS) is 15.8. The molecule has 1 saturated heterocycles. The number of halogens is 1. The molecule has 1 fully saturated rings. The van der Waals surface area contributed by atoms with Gasteiger partial charge in [-0.1, -0.05) is 18.2 Å². The Morgan fingerprint density at radius 2 is 2.00 bits per heavy atom. The summed E-state index contributed by atoms with van der Waals surface area (Å²) >= 11 is 0. The van der Waals surface area contributed by atoms with Crippen molar-refractivity contribution in [3.05, 3.63) is 66.6 Å². The van der Waals surface area contributed by atoms with E-state index in [4.69, 9.17) is 10.5 Å². The second-order valence-electron chi connectivity index (χ2n) is 7.95. The fraction of sp³-hybridized carbons (Fsp3) is 0.208. The minimum atomic E-state index is -0.949. The summed E-state index contributed by atoms with van der Waals surface area (Å²) in [6.07, 6.45) is 2.15. The van der Waals surface area contributed by atoms with E-state index in [-0.39, 0.29) is 17.4 Å².